The normalized spacial score (nSPS) is 10.4. The predicted octanol–water partition coefficient (Wildman–Crippen LogP) is 1.31. The van der Waals surface area contributed by atoms with Gasteiger partial charge in [-0.05, 0) is 24.5 Å². The SMILES string of the molecule is O=C(O)CCCCNC(=O)c1ccccc1Cn1cncn1. The maximum absolute atomic E-state index is 12.2. The molecule has 0 spiro atoms. The lowest BCUT2D eigenvalue weighted by molar-refractivity contribution is -0.137. The lowest BCUT2D eigenvalue weighted by Crippen LogP contribution is -2.26. The standard InChI is InChI=1S/C15H18N4O3/c20-14(21)7-3-4-8-17-15(22)13-6-2-1-5-12(13)9-19-11-16-10-18-19/h1-2,5-6,10-11H,3-4,7-9H2,(H,17,22)(H,20,21). The highest BCUT2D eigenvalue weighted by atomic mass is 16.4. The van der Waals surface area contributed by atoms with Crippen LogP contribution in [0, 0.1) is 0 Å². The number of unbranched alkanes of at least 4 members (excludes halogenated alkanes) is 1. The van der Waals surface area contributed by atoms with E-state index in [2.05, 4.69) is 15.4 Å². The number of carboxylic acids is 1. The van der Waals surface area contributed by atoms with Crippen LogP contribution in [0.15, 0.2) is 36.9 Å². The molecule has 0 saturated heterocycles. The Morgan fingerprint density at radius 2 is 2.05 bits per heavy atom. The van der Waals surface area contributed by atoms with Crippen molar-refractivity contribution in [2.45, 2.75) is 25.8 Å². The molecule has 22 heavy (non-hydrogen) atoms. The van der Waals surface area contributed by atoms with Crippen molar-refractivity contribution in [2.24, 2.45) is 0 Å². The fourth-order valence-corrected chi connectivity index (χ4v) is 2.07. The number of aromatic nitrogens is 3. The van der Waals surface area contributed by atoms with Crippen LogP contribution < -0.4 is 5.32 Å². The minimum atomic E-state index is -0.815. The fraction of sp³-hybridized carbons (Fsp3) is 0.333. The zero-order valence-electron chi connectivity index (χ0n) is 12.1. The lowest BCUT2D eigenvalue weighted by atomic mass is 10.1. The molecule has 0 atom stereocenters. The minimum absolute atomic E-state index is 0.124. The van der Waals surface area contributed by atoms with Crippen LogP contribution in [-0.2, 0) is 11.3 Å². The van der Waals surface area contributed by atoms with Crippen LogP contribution in [0.25, 0.3) is 0 Å². The van der Waals surface area contributed by atoms with Gasteiger partial charge in [0, 0.05) is 18.5 Å². The molecule has 7 nitrogen and oxygen atoms in total. The van der Waals surface area contributed by atoms with Crippen LogP contribution in [-0.4, -0.2) is 38.3 Å². The summed E-state index contributed by atoms with van der Waals surface area (Å²) in [4.78, 5) is 26.5. The van der Waals surface area contributed by atoms with E-state index in [9.17, 15) is 9.59 Å². The summed E-state index contributed by atoms with van der Waals surface area (Å²) in [6.45, 7) is 0.937. The Kier molecular flexibility index (Phi) is 5.65. The zero-order chi connectivity index (χ0) is 15.8. The number of aliphatic carboxylic acids is 1. The van der Waals surface area contributed by atoms with Crippen LogP contribution in [0.2, 0.25) is 0 Å². The fourth-order valence-electron chi connectivity index (χ4n) is 2.07. The van der Waals surface area contributed by atoms with Gasteiger partial charge >= 0.3 is 5.97 Å². The van der Waals surface area contributed by atoms with Gasteiger partial charge in [-0.15, -0.1) is 0 Å². The lowest BCUT2D eigenvalue weighted by Gasteiger charge is -2.10. The molecule has 1 heterocycles. The van der Waals surface area contributed by atoms with Crippen molar-refractivity contribution in [3.8, 4) is 0 Å². The molecule has 2 N–H and O–H groups in total. The van der Waals surface area contributed by atoms with Crippen molar-refractivity contribution < 1.29 is 14.7 Å². The van der Waals surface area contributed by atoms with Gasteiger partial charge in [-0.25, -0.2) is 9.67 Å². The molecule has 0 aliphatic heterocycles. The molecule has 7 heteroatoms. The Balaban J connectivity index is 1.90. The number of nitrogens with one attached hydrogen (secondary N) is 1. The van der Waals surface area contributed by atoms with Gasteiger partial charge in [0.2, 0.25) is 0 Å². The minimum Gasteiger partial charge on any atom is -0.481 e. The number of rotatable bonds is 8. The van der Waals surface area contributed by atoms with E-state index in [1.807, 2.05) is 18.2 Å². The molecular formula is C15H18N4O3. The van der Waals surface area contributed by atoms with Gasteiger partial charge in [-0.1, -0.05) is 18.2 Å². The average Bonchev–Trinajstić information content (AvgIpc) is 3.00. The molecule has 0 unspecified atom stereocenters. The third-order valence-electron chi connectivity index (χ3n) is 3.16. The van der Waals surface area contributed by atoms with Gasteiger partial charge in [-0.2, -0.15) is 5.10 Å². The molecule has 116 valence electrons. The molecule has 1 amide bonds. The summed E-state index contributed by atoms with van der Waals surface area (Å²) in [5.74, 6) is -0.976. The zero-order valence-corrected chi connectivity index (χ0v) is 12.1. The van der Waals surface area contributed by atoms with Crippen LogP contribution in [0.3, 0.4) is 0 Å². The molecule has 0 fully saturated rings. The summed E-state index contributed by atoms with van der Waals surface area (Å²) in [6, 6.07) is 7.32. The monoisotopic (exact) mass is 302 g/mol. The molecule has 1 aromatic heterocycles. The van der Waals surface area contributed by atoms with Crippen molar-refractivity contribution in [3.05, 3.63) is 48.0 Å². The van der Waals surface area contributed by atoms with Crippen molar-refractivity contribution in [1.82, 2.24) is 20.1 Å². The number of nitrogens with zero attached hydrogens (tertiary/aromatic N) is 3. The molecule has 2 rings (SSSR count). The maximum Gasteiger partial charge on any atom is 0.303 e. The van der Waals surface area contributed by atoms with Crippen molar-refractivity contribution in [2.75, 3.05) is 6.54 Å². The Bertz CT molecular complexity index is 625. The number of amides is 1. The molecular weight excluding hydrogens is 284 g/mol. The van der Waals surface area contributed by atoms with Gasteiger partial charge in [0.25, 0.3) is 5.91 Å². The first-order valence-corrected chi connectivity index (χ1v) is 7.07. The van der Waals surface area contributed by atoms with Crippen LogP contribution >= 0.6 is 0 Å². The average molecular weight is 302 g/mol. The van der Waals surface area contributed by atoms with E-state index in [4.69, 9.17) is 5.11 Å². The summed E-state index contributed by atoms with van der Waals surface area (Å²) in [6.07, 6.45) is 4.37. The molecule has 1 aromatic carbocycles. The summed E-state index contributed by atoms with van der Waals surface area (Å²) in [5.41, 5.74) is 1.45. The van der Waals surface area contributed by atoms with Crippen molar-refractivity contribution in [3.63, 3.8) is 0 Å². The molecule has 2 aromatic rings. The predicted molar refractivity (Wildman–Crippen MR) is 79.4 cm³/mol. The maximum atomic E-state index is 12.2. The summed E-state index contributed by atoms with van der Waals surface area (Å²) < 4.78 is 1.65. The highest BCUT2D eigenvalue weighted by molar-refractivity contribution is 5.95. The number of carbonyl (C=O) groups excluding carboxylic acids is 1. The van der Waals surface area contributed by atoms with Gasteiger partial charge < -0.3 is 10.4 Å². The third kappa shape index (κ3) is 4.69. The van der Waals surface area contributed by atoms with Crippen LogP contribution in [0.1, 0.15) is 35.2 Å². The third-order valence-corrected chi connectivity index (χ3v) is 3.16. The van der Waals surface area contributed by atoms with Gasteiger partial charge in [0.15, 0.2) is 0 Å². The van der Waals surface area contributed by atoms with Crippen molar-refractivity contribution >= 4 is 11.9 Å². The van der Waals surface area contributed by atoms with Gasteiger partial charge in [0.1, 0.15) is 12.7 Å². The summed E-state index contributed by atoms with van der Waals surface area (Å²) in [5, 5.41) is 15.4. The first-order chi connectivity index (χ1) is 10.7. The highest BCUT2D eigenvalue weighted by Crippen LogP contribution is 2.10. The molecule has 0 saturated carbocycles. The Labute approximate surface area is 128 Å². The van der Waals surface area contributed by atoms with Gasteiger partial charge in [-0.3, -0.25) is 9.59 Å². The Morgan fingerprint density at radius 3 is 2.77 bits per heavy atom. The molecule has 0 radical (unpaired) electrons. The first-order valence-electron chi connectivity index (χ1n) is 7.07. The number of carbonyl (C=O) groups is 2. The van der Waals surface area contributed by atoms with E-state index in [0.29, 0.717) is 31.5 Å². The van der Waals surface area contributed by atoms with E-state index < -0.39 is 5.97 Å². The van der Waals surface area contributed by atoms with Crippen molar-refractivity contribution in [1.29, 1.82) is 0 Å². The van der Waals surface area contributed by atoms with E-state index in [1.165, 1.54) is 6.33 Å². The molecule has 0 bridgehead atoms. The largest absolute Gasteiger partial charge is 0.481 e. The van der Waals surface area contributed by atoms with E-state index in [0.717, 1.165) is 5.56 Å². The second kappa shape index (κ2) is 7.92. The highest BCUT2D eigenvalue weighted by Gasteiger charge is 2.11. The first kappa shape index (κ1) is 15.7. The van der Waals surface area contributed by atoms with E-state index >= 15 is 0 Å². The van der Waals surface area contributed by atoms with Crippen LogP contribution in [0.5, 0.6) is 0 Å². The number of carboxylic acid groups (broad SMARTS) is 1. The number of benzene rings is 1. The van der Waals surface area contributed by atoms with Gasteiger partial charge in [0.05, 0.1) is 6.54 Å². The topological polar surface area (TPSA) is 97.1 Å². The van der Waals surface area contributed by atoms with E-state index in [-0.39, 0.29) is 12.3 Å². The van der Waals surface area contributed by atoms with E-state index in [1.54, 1.807) is 17.1 Å². The summed E-state index contributed by atoms with van der Waals surface area (Å²) >= 11 is 0. The molecule has 0 aliphatic rings. The second-order valence-corrected chi connectivity index (χ2v) is 4.86. The second-order valence-electron chi connectivity index (χ2n) is 4.86. The number of hydrogen-bond donors (Lipinski definition) is 2. The van der Waals surface area contributed by atoms with Crippen LogP contribution in [0.4, 0.5) is 0 Å². The molecule has 0 aliphatic carbocycles. The Morgan fingerprint density at radius 1 is 1.23 bits per heavy atom. The Hall–Kier alpha value is -2.70. The number of hydrogen-bond acceptors (Lipinski definition) is 4. The smallest absolute Gasteiger partial charge is 0.303 e. The quantitative estimate of drug-likeness (QED) is 0.717. The summed E-state index contributed by atoms with van der Waals surface area (Å²) in [7, 11) is 0.